The summed E-state index contributed by atoms with van der Waals surface area (Å²) in [6.45, 7) is 0. The van der Waals surface area contributed by atoms with E-state index in [2.05, 4.69) is 9.97 Å². The first-order chi connectivity index (χ1) is 19.8. The number of carbonyl (C=O) groups excluding carboxylic acids is 1. The van der Waals surface area contributed by atoms with Crippen LogP contribution >= 0.6 is 12.4 Å². The molecule has 1 saturated carbocycles. The summed E-state index contributed by atoms with van der Waals surface area (Å²) >= 11 is 0. The van der Waals surface area contributed by atoms with Crippen molar-refractivity contribution in [3.63, 3.8) is 0 Å². The highest BCUT2D eigenvalue weighted by Crippen LogP contribution is 2.35. The number of aromatic carboxylic acids is 1. The van der Waals surface area contributed by atoms with Gasteiger partial charge in [0, 0.05) is 41.4 Å². The van der Waals surface area contributed by atoms with Crippen molar-refractivity contribution >= 4 is 53.2 Å². The molecule has 0 saturated heterocycles. The molecular weight excluding hydrogens is 558 g/mol. The second-order valence-electron chi connectivity index (χ2n) is 10.2. The van der Waals surface area contributed by atoms with Gasteiger partial charge < -0.3 is 35.4 Å². The topological polar surface area (TPSA) is 158 Å². The molecule has 0 bridgehead atoms. The molecule has 2 aromatic carbocycles. The number of aromatic nitrogens is 3. The van der Waals surface area contributed by atoms with Crippen molar-refractivity contribution in [2.45, 2.75) is 44.6 Å². The summed E-state index contributed by atoms with van der Waals surface area (Å²) in [5, 5.41) is 12.1. The summed E-state index contributed by atoms with van der Waals surface area (Å²) in [6, 6.07) is 9.36. The van der Waals surface area contributed by atoms with Gasteiger partial charge in [0.05, 0.1) is 31.3 Å². The number of hydrogen-bond acceptors (Lipinski definition) is 9. The Morgan fingerprint density at radius 3 is 2.52 bits per heavy atom. The van der Waals surface area contributed by atoms with E-state index in [0.29, 0.717) is 34.6 Å². The monoisotopic (exact) mass is 590 g/mol. The molecular formula is C31H33ClN5O5-. The van der Waals surface area contributed by atoms with E-state index >= 15 is 0 Å². The molecule has 0 amide bonds. The van der Waals surface area contributed by atoms with Gasteiger partial charge in [0.15, 0.2) is 16.9 Å². The number of nitrogens with two attached hydrogens (primary N) is 2. The van der Waals surface area contributed by atoms with E-state index < -0.39 is 11.4 Å². The third kappa shape index (κ3) is 6.18. The highest BCUT2D eigenvalue weighted by molar-refractivity contribution is 5.92. The summed E-state index contributed by atoms with van der Waals surface area (Å²) in [7, 11) is 3.15. The van der Waals surface area contributed by atoms with E-state index in [1.54, 1.807) is 32.5 Å². The lowest BCUT2D eigenvalue weighted by atomic mass is 9.94. The van der Waals surface area contributed by atoms with Gasteiger partial charge in [0.1, 0.15) is 5.82 Å². The molecule has 1 aliphatic carbocycles. The van der Waals surface area contributed by atoms with Crippen LogP contribution in [0.3, 0.4) is 0 Å². The van der Waals surface area contributed by atoms with Crippen LogP contribution in [0.25, 0.3) is 23.1 Å². The fourth-order valence-electron chi connectivity index (χ4n) is 5.53. The number of hydrogen-bond donors (Lipinski definition) is 2. The minimum absolute atomic E-state index is 0. The van der Waals surface area contributed by atoms with Gasteiger partial charge in [-0.1, -0.05) is 37.5 Å². The number of nitrogen functional groups attached to an aromatic ring is 2. The minimum Gasteiger partial charge on any atom is -0.545 e. The highest BCUT2D eigenvalue weighted by atomic mass is 35.5. The van der Waals surface area contributed by atoms with Crippen LogP contribution in [0.4, 0.5) is 11.8 Å². The van der Waals surface area contributed by atoms with Gasteiger partial charge in [-0.2, -0.15) is 4.98 Å². The highest BCUT2D eigenvalue weighted by Gasteiger charge is 2.19. The first kappa shape index (κ1) is 30.4. The smallest absolute Gasteiger partial charge is 0.221 e. The number of benzene rings is 2. The summed E-state index contributed by atoms with van der Waals surface area (Å²) < 4.78 is 13.2. The van der Waals surface area contributed by atoms with Crippen molar-refractivity contribution in [1.82, 2.24) is 14.5 Å². The van der Waals surface area contributed by atoms with Gasteiger partial charge in [-0.15, -0.1) is 12.4 Å². The number of ether oxygens (including phenoxy) is 2. The second-order valence-corrected chi connectivity index (χ2v) is 10.2. The third-order valence-corrected chi connectivity index (χ3v) is 7.58. The number of fused-ring (bicyclic) bond motifs is 1. The maximum Gasteiger partial charge on any atom is 0.221 e. The summed E-state index contributed by atoms with van der Waals surface area (Å²) in [5.74, 6) is 0.0823. The Morgan fingerprint density at radius 2 is 1.86 bits per heavy atom. The van der Waals surface area contributed by atoms with Gasteiger partial charge in [-0.3, -0.25) is 4.79 Å². The lowest BCUT2D eigenvalue weighted by molar-refractivity contribution is -0.255. The molecule has 0 radical (unpaired) electrons. The average molecular weight is 591 g/mol. The van der Waals surface area contributed by atoms with Crippen LogP contribution in [0.15, 0.2) is 47.5 Å². The summed E-state index contributed by atoms with van der Waals surface area (Å²) in [6.07, 6.45) is 12.5. The molecule has 4 aromatic rings. The molecule has 5 rings (SSSR count). The quantitative estimate of drug-likeness (QED) is 0.289. The number of anilines is 2. The van der Waals surface area contributed by atoms with Crippen LogP contribution in [0.2, 0.25) is 0 Å². The van der Waals surface area contributed by atoms with E-state index in [1.807, 2.05) is 34.9 Å². The van der Waals surface area contributed by atoms with Crippen molar-refractivity contribution in [2.24, 2.45) is 0 Å². The number of methoxy groups -OCH3 is 2. The number of nitrogens with zero attached hydrogens (tertiary/aromatic N) is 3. The Balaban J connectivity index is 0.00000405. The molecule has 0 atom stereocenters. The molecule has 2 aromatic heterocycles. The van der Waals surface area contributed by atoms with Crippen LogP contribution in [0.5, 0.6) is 11.5 Å². The number of pyridine rings is 1. The van der Waals surface area contributed by atoms with Crippen molar-refractivity contribution in [2.75, 3.05) is 25.7 Å². The predicted molar refractivity (Wildman–Crippen MR) is 164 cm³/mol. The van der Waals surface area contributed by atoms with Crippen molar-refractivity contribution in [1.29, 1.82) is 0 Å². The summed E-state index contributed by atoms with van der Waals surface area (Å²) in [4.78, 5) is 32.8. The molecule has 220 valence electrons. The van der Waals surface area contributed by atoms with E-state index in [4.69, 9.17) is 20.9 Å². The number of rotatable bonds is 8. The normalized spacial score (nSPS) is 13.7. The van der Waals surface area contributed by atoms with Crippen LogP contribution in [-0.4, -0.2) is 34.7 Å². The molecule has 1 aliphatic rings. The Morgan fingerprint density at radius 1 is 1.10 bits per heavy atom. The maximum absolute atomic E-state index is 13.0. The van der Waals surface area contributed by atoms with Crippen molar-refractivity contribution in [3.05, 3.63) is 80.8 Å². The zero-order valence-electron chi connectivity index (χ0n) is 23.5. The van der Waals surface area contributed by atoms with Gasteiger partial charge in [-0.25, -0.2) is 4.98 Å². The van der Waals surface area contributed by atoms with E-state index in [1.165, 1.54) is 6.20 Å². The van der Waals surface area contributed by atoms with Crippen LogP contribution in [-0.2, 0) is 6.42 Å². The molecule has 10 nitrogen and oxygen atoms in total. The van der Waals surface area contributed by atoms with E-state index in [9.17, 15) is 14.7 Å². The van der Waals surface area contributed by atoms with Crippen molar-refractivity contribution < 1.29 is 19.4 Å². The zero-order chi connectivity index (χ0) is 29.1. The lowest BCUT2D eigenvalue weighted by Crippen LogP contribution is -2.31. The molecule has 0 unspecified atom stereocenters. The number of carboxylic acids is 1. The average Bonchev–Trinajstić information content (AvgIpc) is 2.97. The molecule has 0 spiro atoms. The Kier molecular flexibility index (Phi) is 9.37. The van der Waals surface area contributed by atoms with Crippen LogP contribution in [0, 0.1) is 0 Å². The van der Waals surface area contributed by atoms with Gasteiger partial charge in [0.2, 0.25) is 5.95 Å². The number of carboxylic acid groups (broad SMARTS) is 1. The Labute approximate surface area is 249 Å². The van der Waals surface area contributed by atoms with Crippen LogP contribution < -0.4 is 31.5 Å². The molecule has 11 heteroatoms. The van der Waals surface area contributed by atoms with E-state index in [0.717, 1.165) is 54.4 Å². The largest absolute Gasteiger partial charge is 0.545 e. The van der Waals surface area contributed by atoms with Gasteiger partial charge >= 0.3 is 0 Å². The first-order valence-corrected chi connectivity index (χ1v) is 13.5. The molecule has 42 heavy (non-hydrogen) atoms. The third-order valence-electron chi connectivity index (χ3n) is 7.58. The number of carbonyl (C=O) groups is 1. The predicted octanol–water partition coefficient (Wildman–Crippen LogP) is 4.02. The molecule has 1 fully saturated rings. The standard InChI is InChI=1S/C31H33N5O5.ClH/c1-40-26-15-19(13-21-16-34-31(33)35-29(21)32)12-20(28(26)41-2)10-8-18-9-11-23-25(14-18)36(22-6-4-3-5-7-22)17-24(27(23)37)30(38)39;/h8-12,14-17,22H,3-7,13H2,1-2H3,(H,38,39)(H4,32,33,34,35);1H/p-1/b10-8+;. The molecule has 0 aliphatic heterocycles. The minimum atomic E-state index is -1.46. The second kappa shape index (κ2) is 12.9. The fraction of sp³-hybridized carbons (Fsp3) is 0.290. The first-order valence-electron chi connectivity index (χ1n) is 13.5. The number of halogens is 1. The summed E-state index contributed by atoms with van der Waals surface area (Å²) in [5.41, 5.74) is 14.8. The Bertz CT molecular complexity index is 1710. The van der Waals surface area contributed by atoms with Crippen LogP contribution in [0.1, 0.15) is 70.8 Å². The van der Waals surface area contributed by atoms with Crippen molar-refractivity contribution in [3.8, 4) is 11.5 Å². The zero-order valence-corrected chi connectivity index (χ0v) is 24.3. The Hall–Kier alpha value is -4.57. The van der Waals surface area contributed by atoms with Gasteiger partial charge in [0.25, 0.3) is 0 Å². The molecule has 4 N–H and O–H groups in total. The van der Waals surface area contributed by atoms with Gasteiger partial charge in [-0.05, 0) is 48.2 Å². The van der Waals surface area contributed by atoms with E-state index in [-0.39, 0.29) is 30.0 Å². The molecule has 2 heterocycles. The maximum atomic E-state index is 13.0. The SMILES string of the molecule is COc1cc(Cc2cnc(N)nc2N)cc(/C=C/c2ccc3c(=O)c(C(=O)[O-])cn(C4CCCCC4)c3c2)c1OC.Cl. The lowest BCUT2D eigenvalue weighted by Gasteiger charge is -2.27. The fourth-order valence-corrected chi connectivity index (χ4v) is 5.53.